The molecule has 0 saturated heterocycles. The van der Waals surface area contributed by atoms with E-state index >= 15 is 0 Å². The molecule has 34 heavy (non-hydrogen) atoms. The van der Waals surface area contributed by atoms with Gasteiger partial charge in [-0.15, -0.1) is 23.5 Å². The normalized spacial score (nSPS) is 15.6. The Morgan fingerprint density at radius 2 is 1.74 bits per heavy atom. The molecule has 0 radical (unpaired) electrons. The summed E-state index contributed by atoms with van der Waals surface area (Å²) in [5.74, 6) is -0.498. The molecule has 0 N–H and O–H groups in total. The topological polar surface area (TPSA) is 60.7 Å². The van der Waals surface area contributed by atoms with Crippen molar-refractivity contribution in [3.63, 3.8) is 0 Å². The predicted octanol–water partition coefficient (Wildman–Crippen LogP) is 4.41. The van der Waals surface area contributed by atoms with Gasteiger partial charge < -0.3 is 4.74 Å². The second-order valence-corrected chi connectivity index (χ2v) is 10.3. The van der Waals surface area contributed by atoms with E-state index in [9.17, 15) is 9.59 Å². The van der Waals surface area contributed by atoms with Crippen molar-refractivity contribution in [2.45, 2.75) is 22.8 Å². The molecular weight excluding hydrogens is 484 g/mol. The molecule has 2 heterocycles. The fraction of sp³-hybridized carbons (Fsp3) is 0.192. The standard InChI is InChI=1S/C26H24N2O3S3/c1-5-14-31-25(30)22-16(2)27-26-28(23(22)18-8-12-20(33-4)13-9-18)24(29)21(34-26)15-17-6-10-19(32-3)11-7-17/h5-13,15,23H,1,14H2,2-4H3. The van der Waals surface area contributed by atoms with Gasteiger partial charge in [0.25, 0.3) is 5.56 Å². The zero-order chi connectivity index (χ0) is 24.2. The number of thiazole rings is 1. The molecule has 1 aromatic heterocycles. The van der Waals surface area contributed by atoms with E-state index in [0.29, 0.717) is 20.6 Å². The van der Waals surface area contributed by atoms with Crippen molar-refractivity contribution in [3.05, 3.63) is 103 Å². The zero-order valence-electron chi connectivity index (χ0n) is 19.1. The van der Waals surface area contributed by atoms with Crippen LogP contribution in [-0.2, 0) is 9.53 Å². The maximum absolute atomic E-state index is 13.6. The smallest absolute Gasteiger partial charge is 0.338 e. The molecule has 1 aliphatic rings. The summed E-state index contributed by atoms with van der Waals surface area (Å²) < 4.78 is 7.55. The molecule has 4 rings (SSSR count). The maximum Gasteiger partial charge on any atom is 0.338 e. The van der Waals surface area contributed by atoms with E-state index in [1.54, 1.807) is 35.0 Å². The molecule has 174 valence electrons. The second-order valence-electron chi connectivity index (χ2n) is 7.52. The SMILES string of the molecule is C=CCOC(=O)C1=C(C)N=c2sc(=Cc3ccc(SC)cc3)c(=O)n2C1c1ccc(SC)cc1. The molecule has 1 aliphatic heterocycles. The molecule has 8 heteroatoms. The van der Waals surface area contributed by atoms with Crippen molar-refractivity contribution >= 4 is 46.9 Å². The molecular formula is C26H24N2O3S3. The van der Waals surface area contributed by atoms with E-state index in [2.05, 4.69) is 11.6 Å². The van der Waals surface area contributed by atoms with E-state index in [0.717, 1.165) is 20.9 Å². The Kier molecular flexibility index (Phi) is 7.60. The van der Waals surface area contributed by atoms with Crippen LogP contribution in [0.4, 0.5) is 0 Å². The lowest BCUT2D eigenvalue weighted by molar-refractivity contribution is -0.138. The maximum atomic E-state index is 13.6. The molecule has 2 aromatic carbocycles. The molecule has 0 amide bonds. The number of hydrogen-bond donors (Lipinski definition) is 0. The molecule has 5 nitrogen and oxygen atoms in total. The zero-order valence-corrected chi connectivity index (χ0v) is 21.6. The highest BCUT2D eigenvalue weighted by molar-refractivity contribution is 7.98. The first kappa shape index (κ1) is 24.3. The van der Waals surface area contributed by atoms with Crippen LogP contribution < -0.4 is 14.9 Å². The number of nitrogens with zero attached hydrogens (tertiary/aromatic N) is 2. The minimum absolute atomic E-state index is 0.0875. The highest BCUT2D eigenvalue weighted by atomic mass is 32.2. The molecule has 0 bridgehead atoms. The van der Waals surface area contributed by atoms with Crippen molar-refractivity contribution in [1.82, 2.24) is 4.57 Å². The third-order valence-electron chi connectivity index (χ3n) is 5.42. The number of thioether (sulfide) groups is 2. The quantitative estimate of drug-likeness (QED) is 0.269. The van der Waals surface area contributed by atoms with Gasteiger partial charge in [-0.2, -0.15) is 0 Å². The fourth-order valence-corrected chi connectivity index (χ4v) is 5.61. The fourth-order valence-electron chi connectivity index (χ4n) is 3.75. The highest BCUT2D eigenvalue weighted by Gasteiger charge is 2.33. The van der Waals surface area contributed by atoms with Crippen LogP contribution >= 0.6 is 34.9 Å². The van der Waals surface area contributed by atoms with Crippen LogP contribution in [0.2, 0.25) is 0 Å². The van der Waals surface area contributed by atoms with Crippen molar-refractivity contribution in [3.8, 4) is 0 Å². The minimum Gasteiger partial charge on any atom is -0.458 e. The number of aromatic nitrogens is 1. The van der Waals surface area contributed by atoms with Crippen LogP contribution in [0, 0.1) is 0 Å². The molecule has 1 atom stereocenters. The summed E-state index contributed by atoms with van der Waals surface area (Å²) in [6.45, 7) is 5.49. The van der Waals surface area contributed by atoms with Gasteiger partial charge in [0.1, 0.15) is 6.61 Å². The number of allylic oxidation sites excluding steroid dienone is 1. The minimum atomic E-state index is -0.620. The highest BCUT2D eigenvalue weighted by Crippen LogP contribution is 2.31. The lowest BCUT2D eigenvalue weighted by Crippen LogP contribution is -2.39. The van der Waals surface area contributed by atoms with Crippen LogP contribution in [0.3, 0.4) is 0 Å². The number of hydrogen-bond acceptors (Lipinski definition) is 7. The Morgan fingerprint density at radius 1 is 1.12 bits per heavy atom. The average Bonchev–Trinajstić information content (AvgIpc) is 3.16. The van der Waals surface area contributed by atoms with Gasteiger partial charge >= 0.3 is 5.97 Å². The van der Waals surface area contributed by atoms with Crippen LogP contribution in [0.15, 0.2) is 92.0 Å². The number of rotatable bonds is 7. The number of ether oxygens (including phenoxy) is 1. The van der Waals surface area contributed by atoms with E-state index < -0.39 is 12.0 Å². The van der Waals surface area contributed by atoms with E-state index in [1.165, 1.54) is 17.4 Å². The summed E-state index contributed by atoms with van der Waals surface area (Å²) in [4.78, 5) is 34.1. The number of carbonyl (C=O) groups is 1. The Morgan fingerprint density at radius 3 is 2.32 bits per heavy atom. The van der Waals surface area contributed by atoms with E-state index in [4.69, 9.17) is 4.74 Å². The Hall–Kier alpha value is -2.81. The van der Waals surface area contributed by atoms with Crippen molar-refractivity contribution in [2.75, 3.05) is 19.1 Å². The van der Waals surface area contributed by atoms with Crippen molar-refractivity contribution in [1.29, 1.82) is 0 Å². The molecule has 1 unspecified atom stereocenters. The number of esters is 1. The van der Waals surface area contributed by atoms with Gasteiger partial charge in [0.2, 0.25) is 0 Å². The number of fused-ring (bicyclic) bond motifs is 1. The number of carbonyl (C=O) groups excluding carboxylic acids is 1. The largest absolute Gasteiger partial charge is 0.458 e. The first-order valence-electron chi connectivity index (χ1n) is 10.6. The van der Waals surface area contributed by atoms with Crippen LogP contribution in [-0.4, -0.2) is 29.7 Å². The summed E-state index contributed by atoms with van der Waals surface area (Å²) in [5, 5.41) is 0. The lowest BCUT2D eigenvalue weighted by Gasteiger charge is -2.24. The third kappa shape index (κ3) is 4.85. The predicted molar refractivity (Wildman–Crippen MR) is 141 cm³/mol. The van der Waals surface area contributed by atoms with E-state index in [1.807, 2.05) is 67.1 Å². The van der Waals surface area contributed by atoms with Gasteiger partial charge in [-0.1, -0.05) is 48.3 Å². The van der Waals surface area contributed by atoms with E-state index in [-0.39, 0.29) is 12.2 Å². The first-order valence-corrected chi connectivity index (χ1v) is 13.8. The van der Waals surface area contributed by atoms with Gasteiger partial charge in [-0.3, -0.25) is 9.36 Å². The second kappa shape index (κ2) is 10.6. The van der Waals surface area contributed by atoms with Gasteiger partial charge in [-0.05, 0) is 60.9 Å². The first-order chi connectivity index (χ1) is 16.5. The molecule has 0 fully saturated rings. The molecule has 0 spiro atoms. The van der Waals surface area contributed by atoms with Crippen molar-refractivity contribution < 1.29 is 9.53 Å². The average molecular weight is 509 g/mol. The lowest BCUT2D eigenvalue weighted by atomic mass is 9.96. The molecule has 0 saturated carbocycles. The van der Waals surface area contributed by atoms with Gasteiger partial charge in [0.15, 0.2) is 4.80 Å². The molecule has 3 aromatic rings. The Bertz CT molecular complexity index is 1430. The van der Waals surface area contributed by atoms with Gasteiger partial charge in [0, 0.05) is 9.79 Å². The van der Waals surface area contributed by atoms with Crippen LogP contribution in [0.5, 0.6) is 0 Å². The summed E-state index contributed by atoms with van der Waals surface area (Å²) in [5.41, 5.74) is 2.49. The van der Waals surface area contributed by atoms with Gasteiger partial charge in [-0.25, -0.2) is 9.79 Å². The Labute approximate surface area is 210 Å². The monoisotopic (exact) mass is 508 g/mol. The summed E-state index contributed by atoms with van der Waals surface area (Å²) in [7, 11) is 0. The summed E-state index contributed by atoms with van der Waals surface area (Å²) in [6, 6.07) is 15.3. The van der Waals surface area contributed by atoms with Gasteiger partial charge in [0.05, 0.1) is 21.8 Å². The van der Waals surface area contributed by atoms with Crippen LogP contribution in [0.25, 0.3) is 6.08 Å². The summed E-state index contributed by atoms with van der Waals surface area (Å²) in [6.07, 6.45) is 7.43. The molecule has 0 aliphatic carbocycles. The number of benzene rings is 2. The third-order valence-corrected chi connectivity index (χ3v) is 7.89. The van der Waals surface area contributed by atoms with Crippen LogP contribution in [0.1, 0.15) is 24.1 Å². The Balaban J connectivity index is 1.89. The summed E-state index contributed by atoms with van der Waals surface area (Å²) >= 11 is 4.63. The van der Waals surface area contributed by atoms with Crippen molar-refractivity contribution in [2.24, 2.45) is 4.99 Å².